The number of nitrogens with zero attached hydrogens (tertiary/aromatic N) is 7. The Labute approximate surface area is 142 Å². The third-order valence-electron chi connectivity index (χ3n) is 4.14. The van der Waals surface area contributed by atoms with Crippen molar-refractivity contribution < 1.29 is 0 Å². The Bertz CT molecular complexity index is 885. The van der Waals surface area contributed by atoms with Crippen LogP contribution in [0.1, 0.15) is 18.7 Å². The first-order chi connectivity index (χ1) is 11.7. The van der Waals surface area contributed by atoms with Crippen LogP contribution >= 0.6 is 11.5 Å². The summed E-state index contributed by atoms with van der Waals surface area (Å²) in [6.45, 7) is 3.38. The zero-order valence-electron chi connectivity index (χ0n) is 13.2. The second-order valence-electron chi connectivity index (χ2n) is 5.80. The van der Waals surface area contributed by atoms with E-state index in [1.165, 1.54) is 16.2 Å². The molecule has 0 bridgehead atoms. The van der Waals surface area contributed by atoms with Crippen molar-refractivity contribution in [3.63, 3.8) is 0 Å². The van der Waals surface area contributed by atoms with Gasteiger partial charge in [0.2, 0.25) is 5.13 Å². The van der Waals surface area contributed by atoms with E-state index in [-0.39, 0.29) is 11.6 Å². The number of hydrogen-bond acceptors (Lipinski definition) is 7. The molecule has 1 aliphatic rings. The molecular weight excluding hydrogens is 326 g/mol. The van der Waals surface area contributed by atoms with Gasteiger partial charge in [-0.2, -0.15) is 9.47 Å². The summed E-state index contributed by atoms with van der Waals surface area (Å²) in [4.78, 5) is 22.9. The van der Waals surface area contributed by atoms with Crippen molar-refractivity contribution in [3.05, 3.63) is 47.0 Å². The van der Waals surface area contributed by atoms with Crippen LogP contribution in [0.5, 0.6) is 0 Å². The quantitative estimate of drug-likeness (QED) is 0.709. The molecule has 124 valence electrons. The summed E-state index contributed by atoms with van der Waals surface area (Å²) < 4.78 is 7.58. The number of rotatable bonds is 4. The molecule has 1 atom stereocenters. The largest absolute Gasteiger partial charge is 0.342 e. The van der Waals surface area contributed by atoms with Gasteiger partial charge in [-0.1, -0.05) is 0 Å². The van der Waals surface area contributed by atoms with Crippen LogP contribution in [0.25, 0.3) is 5.82 Å². The Balaban J connectivity index is 1.60. The van der Waals surface area contributed by atoms with E-state index in [1.54, 1.807) is 29.2 Å². The third-order valence-corrected chi connectivity index (χ3v) is 4.99. The van der Waals surface area contributed by atoms with Crippen LogP contribution in [-0.4, -0.2) is 41.3 Å². The number of imidazole rings is 1. The van der Waals surface area contributed by atoms with Crippen molar-refractivity contribution in [2.75, 3.05) is 11.4 Å². The van der Waals surface area contributed by atoms with Crippen molar-refractivity contribution in [1.29, 1.82) is 0 Å². The first kappa shape index (κ1) is 15.0. The van der Waals surface area contributed by atoms with Gasteiger partial charge in [-0.05, 0) is 25.8 Å². The fraction of sp³-hybridized carbons (Fsp3) is 0.400. The van der Waals surface area contributed by atoms with E-state index in [2.05, 4.69) is 24.3 Å². The number of hydrogen-bond donors (Lipinski definition) is 0. The van der Waals surface area contributed by atoms with Gasteiger partial charge in [-0.25, -0.2) is 14.6 Å². The zero-order chi connectivity index (χ0) is 16.5. The predicted octanol–water partition coefficient (Wildman–Crippen LogP) is 1.26. The van der Waals surface area contributed by atoms with E-state index in [0.717, 1.165) is 30.3 Å². The maximum absolute atomic E-state index is 12.2. The van der Waals surface area contributed by atoms with Gasteiger partial charge in [0, 0.05) is 36.5 Å². The lowest BCUT2D eigenvalue weighted by Gasteiger charge is -2.23. The maximum atomic E-state index is 12.2. The van der Waals surface area contributed by atoms with Crippen molar-refractivity contribution in [2.24, 2.45) is 0 Å². The molecule has 0 aliphatic carbocycles. The normalized spacial score (nSPS) is 17.5. The van der Waals surface area contributed by atoms with Gasteiger partial charge in [0.05, 0.1) is 12.6 Å². The lowest BCUT2D eigenvalue weighted by Crippen LogP contribution is -2.37. The topological polar surface area (TPSA) is 81.7 Å². The highest BCUT2D eigenvalue weighted by Gasteiger charge is 2.28. The summed E-state index contributed by atoms with van der Waals surface area (Å²) in [7, 11) is 0. The molecule has 3 aromatic rings. The molecule has 3 aromatic heterocycles. The minimum Gasteiger partial charge on any atom is -0.342 e. The summed E-state index contributed by atoms with van der Waals surface area (Å²) in [6.07, 6.45) is 7.26. The molecule has 0 amide bonds. The predicted molar refractivity (Wildman–Crippen MR) is 90.6 cm³/mol. The smallest absolute Gasteiger partial charge is 0.266 e. The van der Waals surface area contributed by atoms with Crippen LogP contribution in [-0.2, 0) is 6.54 Å². The lowest BCUT2D eigenvalue weighted by atomic mass is 10.2. The molecule has 0 spiro atoms. The van der Waals surface area contributed by atoms with E-state index in [1.807, 2.05) is 13.1 Å². The van der Waals surface area contributed by atoms with Gasteiger partial charge in [0.25, 0.3) is 5.56 Å². The summed E-state index contributed by atoms with van der Waals surface area (Å²) in [6, 6.07) is 3.47. The van der Waals surface area contributed by atoms with E-state index in [0.29, 0.717) is 12.4 Å². The zero-order valence-corrected chi connectivity index (χ0v) is 14.1. The van der Waals surface area contributed by atoms with Crippen molar-refractivity contribution in [1.82, 2.24) is 28.7 Å². The van der Waals surface area contributed by atoms with Crippen LogP contribution in [0.15, 0.2) is 35.6 Å². The van der Waals surface area contributed by atoms with E-state index < -0.39 is 0 Å². The molecule has 24 heavy (non-hydrogen) atoms. The highest BCUT2D eigenvalue weighted by molar-refractivity contribution is 7.09. The van der Waals surface area contributed by atoms with Gasteiger partial charge >= 0.3 is 0 Å². The highest BCUT2D eigenvalue weighted by Crippen LogP contribution is 2.27. The van der Waals surface area contributed by atoms with Gasteiger partial charge in [0.15, 0.2) is 5.82 Å². The summed E-state index contributed by atoms with van der Waals surface area (Å²) in [5.41, 5.74) is -0.0980. The van der Waals surface area contributed by atoms with Crippen LogP contribution in [0, 0.1) is 6.92 Å². The molecule has 0 N–H and O–H groups in total. The number of anilines is 1. The summed E-state index contributed by atoms with van der Waals surface area (Å²) in [5, 5.41) is 5.40. The Hall–Kier alpha value is -2.55. The molecule has 1 aliphatic heterocycles. The molecule has 1 unspecified atom stereocenters. The minimum absolute atomic E-state index is 0.0980. The third kappa shape index (κ3) is 2.82. The second-order valence-corrected chi connectivity index (χ2v) is 6.53. The maximum Gasteiger partial charge on any atom is 0.266 e. The molecule has 0 radical (unpaired) electrons. The average molecular weight is 343 g/mol. The van der Waals surface area contributed by atoms with E-state index in [4.69, 9.17) is 0 Å². The monoisotopic (exact) mass is 343 g/mol. The highest BCUT2D eigenvalue weighted by atomic mass is 32.1. The standard InChI is InChI=1S/C15H17N7OS/c1-11-17-15(24-19-11)21-7-2-3-12(21)9-22-14(23)5-4-13(18-22)20-8-6-16-10-20/h4-6,8,10,12H,2-3,7,9H2,1H3. The molecule has 0 saturated carbocycles. The van der Waals surface area contributed by atoms with Crippen molar-refractivity contribution >= 4 is 16.7 Å². The van der Waals surface area contributed by atoms with Gasteiger partial charge in [-0.15, -0.1) is 0 Å². The van der Waals surface area contributed by atoms with Crippen LogP contribution < -0.4 is 10.5 Å². The second kappa shape index (κ2) is 6.16. The van der Waals surface area contributed by atoms with Crippen LogP contribution in [0.3, 0.4) is 0 Å². The Morgan fingerprint density at radius 1 is 1.38 bits per heavy atom. The van der Waals surface area contributed by atoms with Crippen molar-refractivity contribution in [3.8, 4) is 5.82 Å². The van der Waals surface area contributed by atoms with E-state index in [9.17, 15) is 4.79 Å². The molecule has 8 nitrogen and oxygen atoms in total. The van der Waals surface area contributed by atoms with Crippen LogP contribution in [0.4, 0.5) is 5.13 Å². The number of aryl methyl sites for hydroxylation is 1. The minimum atomic E-state index is -0.0980. The van der Waals surface area contributed by atoms with Gasteiger partial charge < -0.3 is 4.90 Å². The molecule has 1 fully saturated rings. The first-order valence-corrected chi connectivity index (χ1v) is 8.61. The molecule has 0 aromatic carbocycles. The Morgan fingerprint density at radius 3 is 3.04 bits per heavy atom. The van der Waals surface area contributed by atoms with Crippen molar-refractivity contribution in [2.45, 2.75) is 32.4 Å². The molecule has 4 heterocycles. The average Bonchev–Trinajstić information content (AvgIpc) is 3.30. The molecular formula is C15H17N7OS. The Morgan fingerprint density at radius 2 is 2.29 bits per heavy atom. The summed E-state index contributed by atoms with van der Waals surface area (Å²) >= 11 is 1.41. The molecule has 1 saturated heterocycles. The van der Waals surface area contributed by atoms with Crippen LogP contribution in [0.2, 0.25) is 0 Å². The lowest BCUT2D eigenvalue weighted by molar-refractivity contribution is 0.485. The number of aromatic nitrogens is 6. The fourth-order valence-corrected chi connectivity index (χ4v) is 3.75. The molecule has 9 heteroatoms. The molecule has 4 rings (SSSR count). The van der Waals surface area contributed by atoms with Gasteiger partial charge in [0.1, 0.15) is 12.2 Å². The van der Waals surface area contributed by atoms with E-state index >= 15 is 0 Å². The van der Waals surface area contributed by atoms with Gasteiger partial charge in [-0.3, -0.25) is 9.36 Å². The summed E-state index contributed by atoms with van der Waals surface area (Å²) in [5.74, 6) is 1.47. The SMILES string of the molecule is Cc1nsc(N2CCCC2Cn2nc(-n3ccnc3)ccc2=O)n1. The Kier molecular flexibility index (Phi) is 3.85. The first-order valence-electron chi connectivity index (χ1n) is 7.84. The fourth-order valence-electron chi connectivity index (χ4n) is 2.98.